The highest BCUT2D eigenvalue weighted by Gasteiger charge is 2.42. The Morgan fingerprint density at radius 3 is 2.57 bits per heavy atom. The third-order valence-corrected chi connectivity index (χ3v) is 6.79. The molecule has 126 valence electrons. The molecule has 0 saturated heterocycles. The number of carbonyl (C=O) groups excluding carboxylic acids is 1. The van der Waals surface area contributed by atoms with E-state index in [2.05, 4.69) is 12.2 Å². The molecule has 2 aliphatic rings. The zero-order chi connectivity index (χ0) is 16.8. The molecule has 1 N–H and O–H groups in total. The zero-order valence-corrected chi connectivity index (χ0v) is 14.8. The van der Waals surface area contributed by atoms with Gasteiger partial charge >= 0.3 is 0 Å². The highest BCUT2D eigenvalue weighted by molar-refractivity contribution is 7.90. The number of fused-ring (bicyclic) bond motifs is 2. The molecule has 1 aromatic rings. The highest BCUT2D eigenvalue weighted by atomic mass is 32.2. The summed E-state index contributed by atoms with van der Waals surface area (Å²) in [7, 11) is -3.31. The van der Waals surface area contributed by atoms with Gasteiger partial charge in [-0.25, -0.2) is 8.42 Å². The summed E-state index contributed by atoms with van der Waals surface area (Å²) in [5.74, 6) is 2.00. The van der Waals surface area contributed by atoms with Crippen LogP contribution >= 0.6 is 0 Å². The maximum Gasteiger partial charge on any atom is 0.251 e. The number of aryl methyl sites for hydroxylation is 1. The molecule has 2 saturated carbocycles. The Kier molecular flexibility index (Phi) is 4.25. The molecule has 1 amide bonds. The van der Waals surface area contributed by atoms with E-state index in [0.29, 0.717) is 11.5 Å². The number of sulfone groups is 1. The molecular weight excluding hydrogens is 310 g/mol. The summed E-state index contributed by atoms with van der Waals surface area (Å²) in [5, 5.41) is 3.11. The summed E-state index contributed by atoms with van der Waals surface area (Å²) >= 11 is 0. The van der Waals surface area contributed by atoms with Gasteiger partial charge < -0.3 is 5.32 Å². The van der Waals surface area contributed by atoms with E-state index in [9.17, 15) is 13.2 Å². The number of carbonyl (C=O) groups is 1. The molecule has 4 nitrogen and oxygen atoms in total. The number of nitrogens with one attached hydrogen (secondary N) is 1. The van der Waals surface area contributed by atoms with Crippen LogP contribution in [0.2, 0.25) is 0 Å². The van der Waals surface area contributed by atoms with Crippen LogP contribution in [0.4, 0.5) is 0 Å². The Morgan fingerprint density at radius 1 is 1.26 bits per heavy atom. The lowest BCUT2D eigenvalue weighted by Crippen LogP contribution is -2.40. The van der Waals surface area contributed by atoms with Crippen LogP contribution in [0.15, 0.2) is 23.1 Å². The van der Waals surface area contributed by atoms with E-state index in [4.69, 9.17) is 0 Å². The van der Waals surface area contributed by atoms with Gasteiger partial charge in [-0.2, -0.15) is 0 Å². The number of rotatable bonds is 4. The van der Waals surface area contributed by atoms with Gasteiger partial charge in [-0.1, -0.05) is 12.5 Å². The number of amides is 1. The van der Waals surface area contributed by atoms with Crippen LogP contribution in [0.25, 0.3) is 0 Å². The third-order valence-electron chi connectivity index (χ3n) is 5.68. The minimum absolute atomic E-state index is 0.138. The molecule has 2 aliphatic carbocycles. The molecule has 0 spiro atoms. The Morgan fingerprint density at radius 2 is 2.00 bits per heavy atom. The van der Waals surface area contributed by atoms with Crippen molar-refractivity contribution in [2.75, 3.05) is 6.26 Å². The Labute approximate surface area is 138 Å². The first-order valence-corrected chi connectivity index (χ1v) is 10.3. The quantitative estimate of drug-likeness (QED) is 0.920. The van der Waals surface area contributed by atoms with Crippen molar-refractivity contribution in [2.45, 2.75) is 50.5 Å². The fourth-order valence-corrected chi connectivity index (χ4v) is 5.02. The fourth-order valence-electron chi connectivity index (χ4n) is 4.37. The molecule has 5 heteroatoms. The van der Waals surface area contributed by atoms with E-state index in [1.54, 1.807) is 12.1 Å². The van der Waals surface area contributed by atoms with Crippen molar-refractivity contribution < 1.29 is 13.2 Å². The molecule has 0 radical (unpaired) electrons. The highest BCUT2D eigenvalue weighted by Crippen LogP contribution is 2.49. The SMILES string of the molecule is Cc1ccc(S(C)(=O)=O)cc1C(=O)N[C@@H](C)[C@@H]1C[C@H]2CC[C@H]1C2. The fraction of sp³-hybridized carbons (Fsp3) is 0.611. The maximum atomic E-state index is 12.6. The van der Waals surface area contributed by atoms with Gasteiger partial charge in [-0.15, -0.1) is 0 Å². The summed E-state index contributed by atoms with van der Waals surface area (Å²) in [6.07, 6.45) is 6.33. The minimum Gasteiger partial charge on any atom is -0.349 e. The number of hydrogen-bond acceptors (Lipinski definition) is 3. The van der Waals surface area contributed by atoms with Gasteiger partial charge in [0.15, 0.2) is 9.84 Å². The molecule has 3 rings (SSSR count). The lowest BCUT2D eigenvalue weighted by Gasteiger charge is -2.28. The van der Waals surface area contributed by atoms with Gasteiger partial charge in [0.05, 0.1) is 4.90 Å². The van der Waals surface area contributed by atoms with Crippen molar-refractivity contribution in [3.8, 4) is 0 Å². The van der Waals surface area contributed by atoms with E-state index in [0.717, 1.165) is 23.7 Å². The molecule has 0 heterocycles. The second-order valence-corrected chi connectivity index (χ2v) is 9.37. The Balaban J connectivity index is 1.75. The molecule has 0 aliphatic heterocycles. The summed E-state index contributed by atoms with van der Waals surface area (Å²) < 4.78 is 23.4. The van der Waals surface area contributed by atoms with Crippen LogP contribution in [-0.4, -0.2) is 26.6 Å². The molecular formula is C18H25NO3S. The lowest BCUT2D eigenvalue weighted by molar-refractivity contribution is 0.0914. The van der Waals surface area contributed by atoms with Crippen molar-refractivity contribution in [2.24, 2.45) is 17.8 Å². The average molecular weight is 335 g/mol. The minimum atomic E-state index is -3.31. The Bertz CT molecular complexity index is 726. The van der Waals surface area contributed by atoms with E-state index < -0.39 is 9.84 Å². The monoisotopic (exact) mass is 335 g/mol. The van der Waals surface area contributed by atoms with E-state index >= 15 is 0 Å². The average Bonchev–Trinajstić information content (AvgIpc) is 3.08. The molecule has 0 unspecified atom stereocenters. The normalized spacial score (nSPS) is 27.9. The Hall–Kier alpha value is -1.36. The number of hydrogen-bond donors (Lipinski definition) is 1. The van der Waals surface area contributed by atoms with Gasteiger partial charge in [0, 0.05) is 17.9 Å². The van der Waals surface area contributed by atoms with Crippen LogP contribution in [0, 0.1) is 24.7 Å². The van der Waals surface area contributed by atoms with Crippen LogP contribution < -0.4 is 5.32 Å². The number of benzene rings is 1. The van der Waals surface area contributed by atoms with Gasteiger partial charge in [-0.05, 0) is 68.6 Å². The summed E-state index contributed by atoms with van der Waals surface area (Å²) in [6.45, 7) is 3.92. The van der Waals surface area contributed by atoms with Crippen LogP contribution in [-0.2, 0) is 9.84 Å². The first-order chi connectivity index (χ1) is 10.8. The van der Waals surface area contributed by atoms with Crippen molar-refractivity contribution in [1.29, 1.82) is 0 Å². The maximum absolute atomic E-state index is 12.6. The third kappa shape index (κ3) is 3.30. The lowest BCUT2D eigenvalue weighted by atomic mass is 9.84. The molecule has 1 aromatic carbocycles. The van der Waals surface area contributed by atoms with E-state index in [1.165, 1.54) is 31.7 Å². The molecule has 2 bridgehead atoms. The second-order valence-electron chi connectivity index (χ2n) is 7.35. The summed E-state index contributed by atoms with van der Waals surface area (Å²) in [6, 6.07) is 4.89. The van der Waals surface area contributed by atoms with Crippen molar-refractivity contribution in [3.05, 3.63) is 29.3 Å². The molecule has 23 heavy (non-hydrogen) atoms. The predicted octanol–water partition coefficient (Wildman–Crippen LogP) is 2.95. The summed E-state index contributed by atoms with van der Waals surface area (Å²) in [4.78, 5) is 12.8. The van der Waals surface area contributed by atoms with Gasteiger partial charge in [0.2, 0.25) is 0 Å². The first kappa shape index (κ1) is 16.5. The zero-order valence-electron chi connectivity index (χ0n) is 14.0. The van der Waals surface area contributed by atoms with Crippen LogP contribution in [0.3, 0.4) is 0 Å². The summed E-state index contributed by atoms with van der Waals surface area (Å²) in [5.41, 5.74) is 1.26. The molecule has 2 fully saturated rings. The van der Waals surface area contributed by atoms with Crippen molar-refractivity contribution in [3.63, 3.8) is 0 Å². The van der Waals surface area contributed by atoms with Crippen LogP contribution in [0.5, 0.6) is 0 Å². The van der Waals surface area contributed by atoms with Gasteiger partial charge in [0.1, 0.15) is 0 Å². The van der Waals surface area contributed by atoms with E-state index in [-0.39, 0.29) is 16.8 Å². The topological polar surface area (TPSA) is 63.2 Å². The smallest absolute Gasteiger partial charge is 0.251 e. The first-order valence-electron chi connectivity index (χ1n) is 8.37. The second kappa shape index (κ2) is 5.93. The van der Waals surface area contributed by atoms with Crippen molar-refractivity contribution in [1.82, 2.24) is 5.32 Å². The molecule has 0 aromatic heterocycles. The standard InChI is InChI=1S/C18H25NO3S/c1-11-4-7-15(23(3,21)22)10-16(11)18(20)19-12(2)17-9-13-5-6-14(17)8-13/h4,7,10,12-14,17H,5-6,8-9H2,1-3H3,(H,19,20)/t12-,13-,14-,17-/m0/s1. The van der Waals surface area contributed by atoms with Gasteiger partial charge in [-0.3, -0.25) is 4.79 Å². The van der Waals surface area contributed by atoms with E-state index in [1.807, 2.05) is 6.92 Å². The van der Waals surface area contributed by atoms with Crippen LogP contribution in [0.1, 0.15) is 48.5 Å². The molecule has 4 atom stereocenters. The van der Waals surface area contributed by atoms with Gasteiger partial charge in [0.25, 0.3) is 5.91 Å². The largest absolute Gasteiger partial charge is 0.349 e. The predicted molar refractivity (Wildman–Crippen MR) is 90.2 cm³/mol. The van der Waals surface area contributed by atoms with Crippen molar-refractivity contribution >= 4 is 15.7 Å².